The Bertz CT molecular complexity index is 848. The van der Waals surface area contributed by atoms with Crippen LogP contribution in [-0.4, -0.2) is 121 Å². The molecule has 3 aliphatic heterocycles. The second kappa shape index (κ2) is 13.3. The monoisotopic (exact) mass is 536 g/mol. The van der Waals surface area contributed by atoms with Crippen LogP contribution >= 0.6 is 0 Å². The molecule has 0 aliphatic carbocycles. The van der Waals surface area contributed by atoms with Gasteiger partial charge >= 0.3 is 0 Å². The maximum absolute atomic E-state index is 12.6. The van der Waals surface area contributed by atoms with Crippen molar-refractivity contribution in [2.75, 3.05) is 52.4 Å². The molecule has 3 rings (SSSR count). The minimum Gasteiger partial charge on any atom is -0.346 e. The topological polar surface area (TPSA) is 215 Å². The Labute approximate surface area is 217 Å². The zero-order chi connectivity index (χ0) is 27.7. The fourth-order valence-corrected chi connectivity index (χ4v) is 4.41. The van der Waals surface area contributed by atoms with Crippen LogP contribution < -0.4 is 31.9 Å². The predicted molar refractivity (Wildman–Crippen MR) is 128 cm³/mol. The molecular formula is C22H32N8O8. The van der Waals surface area contributed by atoms with Crippen molar-refractivity contribution in [1.29, 1.82) is 0 Å². The van der Waals surface area contributed by atoms with Crippen LogP contribution in [0.15, 0.2) is 0 Å². The second-order valence-electron chi connectivity index (χ2n) is 9.03. The van der Waals surface area contributed by atoms with Crippen molar-refractivity contribution in [3.63, 3.8) is 0 Å². The van der Waals surface area contributed by atoms with Crippen LogP contribution in [0.2, 0.25) is 0 Å². The van der Waals surface area contributed by atoms with Crippen LogP contribution in [0.25, 0.3) is 0 Å². The Morgan fingerprint density at radius 3 is 1.13 bits per heavy atom. The number of rotatable bonds is 0. The number of nitrogens with one attached hydrogen (secondary N) is 6. The SMILES string of the molecule is O=C1CNC(=O)CNC(=O)[C@H]2CCCN2C(=O)CNC(=O)CNC(=O)CNC(=O)[C@H]2CCCN2C(=O)CN1. The van der Waals surface area contributed by atoms with E-state index in [1.165, 1.54) is 9.80 Å². The fraction of sp³-hybridized carbons (Fsp3) is 0.636. The molecule has 0 bridgehead atoms. The van der Waals surface area contributed by atoms with Crippen molar-refractivity contribution in [2.24, 2.45) is 0 Å². The molecule has 6 N–H and O–H groups in total. The third-order valence-electron chi connectivity index (χ3n) is 6.36. The number of fused-ring (bicyclic) bond motifs is 2. The first-order chi connectivity index (χ1) is 18.2. The Hall–Kier alpha value is -4.24. The first-order valence-electron chi connectivity index (χ1n) is 12.4. The van der Waals surface area contributed by atoms with E-state index in [1.807, 2.05) is 0 Å². The maximum atomic E-state index is 12.6. The number of amides is 8. The molecule has 0 spiro atoms. The van der Waals surface area contributed by atoms with Crippen molar-refractivity contribution < 1.29 is 38.4 Å². The Kier molecular flexibility index (Phi) is 9.95. The molecule has 16 nitrogen and oxygen atoms in total. The van der Waals surface area contributed by atoms with Gasteiger partial charge in [0.15, 0.2) is 0 Å². The quantitative estimate of drug-likeness (QED) is 0.175. The number of nitrogens with zero attached hydrogens (tertiary/aromatic N) is 2. The molecule has 0 aromatic carbocycles. The Morgan fingerprint density at radius 2 is 0.763 bits per heavy atom. The largest absolute Gasteiger partial charge is 0.346 e. The van der Waals surface area contributed by atoms with Gasteiger partial charge in [-0.05, 0) is 25.7 Å². The Balaban J connectivity index is 1.63. The van der Waals surface area contributed by atoms with E-state index in [1.54, 1.807) is 0 Å². The molecule has 38 heavy (non-hydrogen) atoms. The van der Waals surface area contributed by atoms with E-state index in [0.29, 0.717) is 38.8 Å². The van der Waals surface area contributed by atoms with Gasteiger partial charge in [0, 0.05) is 13.1 Å². The molecule has 0 aromatic heterocycles. The summed E-state index contributed by atoms with van der Waals surface area (Å²) in [6.07, 6.45) is 1.87. The van der Waals surface area contributed by atoms with Gasteiger partial charge in [0.1, 0.15) is 12.1 Å². The Morgan fingerprint density at radius 1 is 0.447 bits per heavy atom. The van der Waals surface area contributed by atoms with Crippen molar-refractivity contribution in [3.05, 3.63) is 0 Å². The molecular weight excluding hydrogens is 504 g/mol. The van der Waals surface area contributed by atoms with E-state index >= 15 is 0 Å². The van der Waals surface area contributed by atoms with Gasteiger partial charge in [-0.1, -0.05) is 0 Å². The van der Waals surface area contributed by atoms with Gasteiger partial charge in [-0.2, -0.15) is 0 Å². The molecule has 0 unspecified atom stereocenters. The van der Waals surface area contributed by atoms with Gasteiger partial charge < -0.3 is 41.7 Å². The minimum absolute atomic E-state index is 0.298. The predicted octanol–water partition coefficient (Wildman–Crippen LogP) is -5.32. The first-order valence-corrected chi connectivity index (χ1v) is 12.4. The van der Waals surface area contributed by atoms with Crippen LogP contribution in [0.1, 0.15) is 25.7 Å². The maximum Gasteiger partial charge on any atom is 0.243 e. The van der Waals surface area contributed by atoms with Crippen LogP contribution in [0, 0.1) is 0 Å². The highest BCUT2D eigenvalue weighted by atomic mass is 16.2. The van der Waals surface area contributed by atoms with Gasteiger partial charge in [-0.25, -0.2) is 0 Å². The lowest BCUT2D eigenvalue weighted by atomic mass is 10.2. The molecule has 3 saturated heterocycles. The highest BCUT2D eigenvalue weighted by molar-refractivity contribution is 5.95. The summed E-state index contributed by atoms with van der Waals surface area (Å²) >= 11 is 0. The van der Waals surface area contributed by atoms with Crippen molar-refractivity contribution in [1.82, 2.24) is 41.7 Å². The lowest BCUT2D eigenvalue weighted by molar-refractivity contribution is -0.139. The molecule has 8 amide bonds. The van der Waals surface area contributed by atoms with Gasteiger partial charge in [0.05, 0.1) is 39.3 Å². The van der Waals surface area contributed by atoms with Crippen LogP contribution in [0.4, 0.5) is 0 Å². The number of hydrogen-bond donors (Lipinski definition) is 6. The highest BCUT2D eigenvalue weighted by Gasteiger charge is 2.35. The molecule has 0 radical (unpaired) electrons. The normalized spacial score (nSPS) is 25.7. The van der Waals surface area contributed by atoms with Crippen LogP contribution in [0.3, 0.4) is 0 Å². The van der Waals surface area contributed by atoms with Crippen molar-refractivity contribution >= 4 is 47.3 Å². The van der Waals surface area contributed by atoms with E-state index < -0.39 is 98.6 Å². The van der Waals surface area contributed by atoms with Crippen LogP contribution in [-0.2, 0) is 38.4 Å². The molecule has 2 atom stereocenters. The molecule has 16 heteroatoms. The molecule has 3 aliphatic rings. The summed E-state index contributed by atoms with van der Waals surface area (Å²) in [6.45, 7) is -1.91. The van der Waals surface area contributed by atoms with Crippen molar-refractivity contribution in [2.45, 2.75) is 37.8 Å². The zero-order valence-electron chi connectivity index (χ0n) is 20.8. The number of carbonyl (C=O) groups excluding carboxylic acids is 8. The number of hydrogen-bond acceptors (Lipinski definition) is 8. The third-order valence-corrected chi connectivity index (χ3v) is 6.36. The van der Waals surface area contributed by atoms with Gasteiger partial charge in [0.2, 0.25) is 47.3 Å². The van der Waals surface area contributed by atoms with E-state index in [0.717, 1.165) is 0 Å². The zero-order valence-corrected chi connectivity index (χ0v) is 20.8. The fourth-order valence-electron chi connectivity index (χ4n) is 4.41. The summed E-state index contributed by atoms with van der Waals surface area (Å²) in [4.78, 5) is 101. The average Bonchev–Trinajstić information content (AvgIpc) is 3.59. The van der Waals surface area contributed by atoms with Gasteiger partial charge in [-0.3, -0.25) is 38.4 Å². The number of carbonyl (C=O) groups is 8. The molecule has 3 fully saturated rings. The molecule has 3 heterocycles. The van der Waals surface area contributed by atoms with E-state index in [2.05, 4.69) is 31.9 Å². The lowest BCUT2D eigenvalue weighted by Gasteiger charge is -2.24. The summed E-state index contributed by atoms with van der Waals surface area (Å²) in [7, 11) is 0. The summed E-state index contributed by atoms with van der Waals surface area (Å²) in [5, 5.41) is 14.3. The van der Waals surface area contributed by atoms with E-state index in [4.69, 9.17) is 0 Å². The molecule has 0 aromatic rings. The highest BCUT2D eigenvalue weighted by Crippen LogP contribution is 2.18. The third kappa shape index (κ3) is 7.88. The van der Waals surface area contributed by atoms with E-state index in [9.17, 15) is 38.4 Å². The standard InChI is InChI=1S/C22H32N8O8/c31-15-7-24-18(34)10-28-22(38)14-4-2-6-30(14)20(36)12-26-16(32)8-23-17(33)9-27-21(37)13-3-1-5-29(13)19(35)11-25-15/h13-14H,1-12H2,(H,23,33)(H,24,34)(H,25,31)(H,26,32)(H,27,37)(H,28,38)/t13-,14-/m1/s1. The smallest absolute Gasteiger partial charge is 0.243 e. The van der Waals surface area contributed by atoms with Gasteiger partial charge in [-0.15, -0.1) is 0 Å². The molecule has 208 valence electrons. The average molecular weight is 537 g/mol. The first kappa shape index (κ1) is 28.3. The van der Waals surface area contributed by atoms with E-state index in [-0.39, 0.29) is 0 Å². The lowest BCUT2D eigenvalue weighted by Crippen LogP contribution is -2.52. The van der Waals surface area contributed by atoms with Gasteiger partial charge in [0.25, 0.3) is 0 Å². The second-order valence-corrected chi connectivity index (χ2v) is 9.03. The summed E-state index contributed by atoms with van der Waals surface area (Å²) < 4.78 is 0. The summed E-state index contributed by atoms with van der Waals surface area (Å²) in [5.41, 5.74) is 0. The summed E-state index contributed by atoms with van der Waals surface area (Å²) in [5.74, 6) is -4.65. The van der Waals surface area contributed by atoms with Crippen LogP contribution in [0.5, 0.6) is 0 Å². The minimum atomic E-state index is -0.815. The van der Waals surface area contributed by atoms with Crippen molar-refractivity contribution in [3.8, 4) is 0 Å². The molecule has 0 saturated carbocycles. The summed E-state index contributed by atoms with van der Waals surface area (Å²) in [6, 6.07) is -1.63.